The minimum atomic E-state index is -0.237. The average Bonchev–Trinajstić information content (AvgIpc) is 3.36. The van der Waals surface area contributed by atoms with Crippen molar-refractivity contribution >= 4 is 32.6 Å². The number of hydrogen-bond acceptors (Lipinski definition) is 5. The smallest absolute Gasteiger partial charge is 0.284 e. The molecular formula is C44H27N3O2. The van der Waals surface area contributed by atoms with E-state index < -0.39 is 0 Å². The second-order valence-electron chi connectivity index (χ2n) is 13.3. The van der Waals surface area contributed by atoms with Crippen molar-refractivity contribution in [2.45, 2.75) is 19.3 Å². The molecule has 1 aliphatic carbocycles. The van der Waals surface area contributed by atoms with Gasteiger partial charge in [-0.2, -0.15) is 5.26 Å². The van der Waals surface area contributed by atoms with Gasteiger partial charge >= 0.3 is 0 Å². The third-order valence-corrected chi connectivity index (χ3v) is 10.2. The maximum atomic E-state index is 9.62. The second kappa shape index (κ2) is 10.00. The van der Waals surface area contributed by atoms with E-state index in [1.165, 1.54) is 44.2 Å². The molecule has 1 aromatic heterocycles. The predicted octanol–water partition coefficient (Wildman–Crippen LogP) is 11.3. The van der Waals surface area contributed by atoms with Crippen LogP contribution in [0.5, 0.6) is 23.3 Å². The Labute approximate surface area is 282 Å². The Morgan fingerprint density at radius 1 is 0.531 bits per heavy atom. The lowest BCUT2D eigenvalue weighted by Gasteiger charge is -2.23. The zero-order chi connectivity index (χ0) is 32.9. The molecule has 7 aromatic carbocycles. The van der Waals surface area contributed by atoms with E-state index in [1.807, 2.05) is 42.5 Å². The van der Waals surface area contributed by atoms with Crippen molar-refractivity contribution in [2.24, 2.45) is 0 Å². The molecule has 2 aliphatic rings. The summed E-state index contributed by atoms with van der Waals surface area (Å²) >= 11 is 0. The minimum absolute atomic E-state index is 0.237. The number of ether oxygens (including phenoxy) is 2. The van der Waals surface area contributed by atoms with Gasteiger partial charge in [-0.3, -0.25) is 0 Å². The molecule has 5 nitrogen and oxygen atoms in total. The summed E-state index contributed by atoms with van der Waals surface area (Å²) in [6, 6.07) is 46.4. The topological polar surface area (TPSA) is 68.0 Å². The molecule has 0 unspecified atom stereocenters. The molecule has 0 fully saturated rings. The van der Waals surface area contributed by atoms with Crippen LogP contribution in [-0.4, -0.2) is 9.97 Å². The van der Waals surface area contributed by atoms with Crippen molar-refractivity contribution in [1.29, 1.82) is 5.26 Å². The van der Waals surface area contributed by atoms with Crippen LogP contribution in [0.3, 0.4) is 0 Å². The van der Waals surface area contributed by atoms with Gasteiger partial charge in [0.15, 0.2) is 11.5 Å². The molecule has 0 atom stereocenters. The van der Waals surface area contributed by atoms with E-state index in [-0.39, 0.29) is 5.41 Å². The second-order valence-corrected chi connectivity index (χ2v) is 13.3. The van der Waals surface area contributed by atoms with Gasteiger partial charge in [-0.05, 0) is 109 Å². The molecule has 0 bridgehead atoms. The number of rotatable bonds is 2. The first-order valence-electron chi connectivity index (χ1n) is 16.4. The zero-order valence-corrected chi connectivity index (χ0v) is 26.8. The number of nitriles is 1. The van der Waals surface area contributed by atoms with Crippen LogP contribution in [0.25, 0.3) is 66.0 Å². The molecule has 230 valence electrons. The highest BCUT2D eigenvalue weighted by Gasteiger charge is 2.36. The standard InChI is InChI=1S/C44H27N3O2/c1-44(2)34-21-25(24-45)15-18-28(34)29-19-16-26(22-35(29)44)40-30-9-3-5-11-32(30)41(33-12-6-4-10-31(33)40)27-17-20-38-39(23-27)49-43-42(48-38)46-36-13-7-8-14-37(36)47-43/h3-23H,1-2H3. The van der Waals surface area contributed by atoms with E-state index >= 15 is 0 Å². The zero-order valence-electron chi connectivity index (χ0n) is 26.8. The highest BCUT2D eigenvalue weighted by Crippen LogP contribution is 2.52. The number of nitrogens with zero attached hydrogens (tertiary/aromatic N) is 3. The summed E-state index contributed by atoms with van der Waals surface area (Å²) < 4.78 is 12.6. The van der Waals surface area contributed by atoms with E-state index in [0.717, 1.165) is 32.9 Å². The largest absolute Gasteiger partial charge is 0.431 e. The van der Waals surface area contributed by atoms with Crippen LogP contribution in [0.2, 0.25) is 0 Å². The molecule has 0 amide bonds. The Morgan fingerprint density at radius 2 is 1.02 bits per heavy atom. The van der Waals surface area contributed by atoms with Gasteiger partial charge in [0, 0.05) is 5.41 Å². The van der Waals surface area contributed by atoms with Crippen LogP contribution in [0.15, 0.2) is 127 Å². The summed E-state index contributed by atoms with van der Waals surface area (Å²) in [5, 5.41) is 14.3. The average molecular weight is 630 g/mol. The molecule has 0 N–H and O–H groups in total. The Hall–Kier alpha value is -6.51. The fourth-order valence-electron chi connectivity index (χ4n) is 7.85. The quantitative estimate of drug-likeness (QED) is 0.178. The molecule has 8 aromatic rings. The highest BCUT2D eigenvalue weighted by atomic mass is 16.6. The molecule has 49 heavy (non-hydrogen) atoms. The molecule has 10 rings (SSSR count). The lowest BCUT2D eigenvalue weighted by atomic mass is 9.80. The molecular weight excluding hydrogens is 603 g/mol. The first-order chi connectivity index (χ1) is 24.0. The number of fused-ring (bicyclic) bond motifs is 8. The fraction of sp³-hybridized carbons (Fsp3) is 0.0682. The van der Waals surface area contributed by atoms with Crippen molar-refractivity contribution in [1.82, 2.24) is 9.97 Å². The maximum absolute atomic E-state index is 9.62. The van der Waals surface area contributed by atoms with Crippen LogP contribution in [0, 0.1) is 11.3 Å². The van der Waals surface area contributed by atoms with E-state index in [4.69, 9.17) is 14.5 Å². The van der Waals surface area contributed by atoms with Gasteiger partial charge in [0.2, 0.25) is 0 Å². The summed E-state index contributed by atoms with van der Waals surface area (Å²) in [5.74, 6) is 1.94. The maximum Gasteiger partial charge on any atom is 0.284 e. The van der Waals surface area contributed by atoms with Gasteiger partial charge in [0.25, 0.3) is 11.8 Å². The predicted molar refractivity (Wildman–Crippen MR) is 194 cm³/mol. The summed E-state index contributed by atoms with van der Waals surface area (Å²) in [5.41, 5.74) is 11.4. The summed E-state index contributed by atoms with van der Waals surface area (Å²) in [4.78, 5) is 9.34. The molecule has 5 heteroatoms. The van der Waals surface area contributed by atoms with Crippen LogP contribution in [0.4, 0.5) is 0 Å². The minimum Gasteiger partial charge on any atom is -0.431 e. The number of hydrogen-bond donors (Lipinski definition) is 0. The van der Waals surface area contributed by atoms with Crippen LogP contribution in [-0.2, 0) is 5.41 Å². The van der Waals surface area contributed by atoms with Gasteiger partial charge in [-0.25, -0.2) is 9.97 Å². The first-order valence-corrected chi connectivity index (χ1v) is 16.4. The molecule has 0 spiro atoms. The van der Waals surface area contributed by atoms with Crippen molar-refractivity contribution in [3.05, 3.63) is 144 Å². The van der Waals surface area contributed by atoms with E-state index in [1.54, 1.807) is 0 Å². The monoisotopic (exact) mass is 629 g/mol. The Bertz CT molecular complexity index is 2720. The molecule has 0 saturated heterocycles. The molecule has 0 radical (unpaired) electrons. The number of para-hydroxylation sites is 2. The lowest BCUT2D eigenvalue weighted by molar-refractivity contribution is 0.339. The lowest BCUT2D eigenvalue weighted by Crippen LogP contribution is -2.15. The van der Waals surface area contributed by atoms with E-state index in [2.05, 4.69) is 110 Å². The highest BCUT2D eigenvalue weighted by molar-refractivity contribution is 6.21. The summed E-state index contributed by atoms with van der Waals surface area (Å²) in [7, 11) is 0. The third kappa shape index (κ3) is 3.98. The van der Waals surface area contributed by atoms with Crippen molar-refractivity contribution in [3.8, 4) is 62.7 Å². The van der Waals surface area contributed by atoms with Crippen LogP contribution in [0.1, 0.15) is 30.5 Å². The summed E-state index contributed by atoms with van der Waals surface area (Å²) in [6.07, 6.45) is 0. The SMILES string of the molecule is CC1(C)c2cc(C#N)ccc2-c2ccc(-c3c4ccccc4c(-c4ccc5c(c4)Oc4nc6ccccc6nc4O5)c4ccccc34)cc21. The van der Waals surface area contributed by atoms with Gasteiger partial charge in [-0.1, -0.05) is 98.8 Å². The Morgan fingerprint density at radius 3 is 1.61 bits per heavy atom. The van der Waals surface area contributed by atoms with Gasteiger partial charge in [0.05, 0.1) is 22.7 Å². The molecule has 2 heterocycles. The van der Waals surface area contributed by atoms with Crippen molar-refractivity contribution in [3.63, 3.8) is 0 Å². The summed E-state index contributed by atoms with van der Waals surface area (Å²) in [6.45, 7) is 4.52. The first kappa shape index (κ1) is 27.6. The fourth-order valence-corrected chi connectivity index (χ4v) is 7.85. The van der Waals surface area contributed by atoms with Crippen LogP contribution >= 0.6 is 0 Å². The van der Waals surface area contributed by atoms with Crippen molar-refractivity contribution in [2.75, 3.05) is 0 Å². The Balaban J connectivity index is 1.15. The number of benzene rings is 7. The molecule has 0 saturated carbocycles. The molecule has 1 aliphatic heterocycles. The van der Waals surface area contributed by atoms with Gasteiger partial charge in [0.1, 0.15) is 0 Å². The Kier molecular flexibility index (Phi) is 5.63. The van der Waals surface area contributed by atoms with Gasteiger partial charge < -0.3 is 9.47 Å². The van der Waals surface area contributed by atoms with Crippen molar-refractivity contribution < 1.29 is 9.47 Å². The third-order valence-electron chi connectivity index (χ3n) is 10.2. The van der Waals surface area contributed by atoms with E-state index in [9.17, 15) is 5.26 Å². The van der Waals surface area contributed by atoms with Gasteiger partial charge in [-0.15, -0.1) is 0 Å². The normalized spacial score (nSPS) is 13.6. The number of aromatic nitrogens is 2. The van der Waals surface area contributed by atoms with Crippen LogP contribution < -0.4 is 9.47 Å². The van der Waals surface area contributed by atoms with E-state index in [0.29, 0.717) is 28.8 Å².